The Hall–Kier alpha value is -3.35. The van der Waals surface area contributed by atoms with Crippen LogP contribution in [0.25, 0.3) is 22.0 Å². The van der Waals surface area contributed by atoms with Crippen LogP contribution in [-0.2, 0) is 6.42 Å². The molecule has 0 bridgehead atoms. The normalized spacial score (nSPS) is 13.9. The van der Waals surface area contributed by atoms with Crippen LogP contribution in [0.3, 0.4) is 0 Å². The molecular weight excluding hydrogens is 386 g/mol. The molecule has 0 atom stereocenters. The van der Waals surface area contributed by atoms with E-state index in [2.05, 4.69) is 15.0 Å². The van der Waals surface area contributed by atoms with Crippen molar-refractivity contribution in [3.8, 4) is 11.1 Å². The second kappa shape index (κ2) is 6.86. The second-order valence-electron chi connectivity index (χ2n) is 7.96. The average molecular weight is 406 g/mol. The third kappa shape index (κ3) is 3.10. The fraction of sp³-hybridized carbons (Fsp3) is 0.261. The van der Waals surface area contributed by atoms with Crippen molar-refractivity contribution in [2.24, 2.45) is 0 Å². The number of aromatic nitrogens is 4. The molecule has 1 fully saturated rings. The fourth-order valence-electron chi connectivity index (χ4n) is 4.09. The number of hydrogen-bond acceptors (Lipinski definition) is 3. The molecule has 4 aromatic rings. The van der Waals surface area contributed by atoms with Crippen molar-refractivity contribution in [2.45, 2.75) is 39.2 Å². The van der Waals surface area contributed by atoms with Gasteiger partial charge in [-0.05, 0) is 50.5 Å². The van der Waals surface area contributed by atoms with Crippen LogP contribution >= 0.6 is 0 Å². The first-order chi connectivity index (χ1) is 14.4. The highest BCUT2D eigenvalue weighted by Crippen LogP contribution is 2.40. The van der Waals surface area contributed by atoms with Crippen LogP contribution in [0.1, 0.15) is 41.5 Å². The zero-order chi connectivity index (χ0) is 21.0. The van der Waals surface area contributed by atoms with Crippen LogP contribution in [0.4, 0.5) is 8.78 Å². The van der Waals surface area contributed by atoms with Gasteiger partial charge in [0.05, 0.1) is 22.8 Å². The first kappa shape index (κ1) is 18.7. The van der Waals surface area contributed by atoms with Gasteiger partial charge in [0, 0.05) is 47.5 Å². The molecule has 1 aromatic carbocycles. The van der Waals surface area contributed by atoms with E-state index in [1.54, 1.807) is 44.7 Å². The number of benzene rings is 1. The number of hydrogen-bond donors (Lipinski definition) is 1. The van der Waals surface area contributed by atoms with E-state index in [1.165, 1.54) is 6.07 Å². The van der Waals surface area contributed by atoms with Crippen molar-refractivity contribution >= 4 is 10.9 Å². The van der Waals surface area contributed by atoms with E-state index >= 15 is 8.78 Å². The van der Waals surface area contributed by atoms with Gasteiger partial charge in [-0.15, -0.1) is 0 Å². The summed E-state index contributed by atoms with van der Waals surface area (Å²) in [7, 11) is 0. The minimum Gasteiger partial charge on any atom is -0.348 e. The Morgan fingerprint density at radius 2 is 1.90 bits per heavy atom. The molecule has 5 nitrogen and oxygen atoms in total. The van der Waals surface area contributed by atoms with Crippen molar-refractivity contribution in [3.05, 3.63) is 81.4 Å². The van der Waals surface area contributed by atoms with Crippen LogP contribution in [0.2, 0.25) is 0 Å². The number of H-pyrrole nitrogens is 1. The van der Waals surface area contributed by atoms with Crippen molar-refractivity contribution in [2.75, 3.05) is 0 Å². The zero-order valence-corrected chi connectivity index (χ0v) is 16.7. The van der Waals surface area contributed by atoms with Gasteiger partial charge in [-0.1, -0.05) is 0 Å². The third-order valence-corrected chi connectivity index (χ3v) is 5.53. The van der Waals surface area contributed by atoms with E-state index in [0.717, 1.165) is 18.5 Å². The first-order valence-corrected chi connectivity index (χ1v) is 9.91. The molecular formula is C23H20F2N4O. The molecule has 30 heavy (non-hydrogen) atoms. The van der Waals surface area contributed by atoms with Gasteiger partial charge in [0.25, 0.3) is 0 Å². The van der Waals surface area contributed by atoms with Crippen LogP contribution in [0.5, 0.6) is 0 Å². The summed E-state index contributed by atoms with van der Waals surface area (Å²) in [5, 5.41) is 0.0696. The molecule has 0 radical (unpaired) electrons. The number of nitrogens with one attached hydrogen (secondary N) is 1. The highest BCUT2D eigenvalue weighted by atomic mass is 19.1. The standard InChI is InChI=1S/C23H20F2N4O/c1-12-5-14(6-13(2)28-12)20-19(24)8-18-22(21(20)25)29(17-3-4-17)10-15(23(18)30)7-16-9-26-11-27-16/h5-6,8-11,17H,3-4,7H2,1-2H3,(H,26,27). The van der Waals surface area contributed by atoms with Gasteiger partial charge in [0.15, 0.2) is 11.2 Å². The van der Waals surface area contributed by atoms with Crippen LogP contribution in [0, 0.1) is 25.5 Å². The maximum absolute atomic E-state index is 15.8. The molecule has 5 rings (SSSR count). The number of pyridine rings is 2. The smallest absolute Gasteiger partial charge is 0.193 e. The van der Waals surface area contributed by atoms with Crippen molar-refractivity contribution in [1.82, 2.24) is 19.5 Å². The number of nitrogens with zero attached hydrogens (tertiary/aromatic N) is 3. The fourth-order valence-corrected chi connectivity index (χ4v) is 4.09. The molecule has 1 aliphatic rings. The molecule has 3 heterocycles. The zero-order valence-electron chi connectivity index (χ0n) is 16.7. The number of halogens is 2. The summed E-state index contributed by atoms with van der Waals surface area (Å²) in [6.45, 7) is 3.57. The molecule has 0 saturated heterocycles. The minimum absolute atomic E-state index is 0.0696. The molecule has 0 unspecified atom stereocenters. The first-order valence-electron chi connectivity index (χ1n) is 9.91. The Balaban J connectivity index is 1.79. The maximum atomic E-state index is 15.8. The van der Waals surface area contributed by atoms with Gasteiger partial charge in [0.2, 0.25) is 0 Å². The molecule has 0 amide bonds. The van der Waals surface area contributed by atoms with Crippen molar-refractivity contribution < 1.29 is 8.78 Å². The lowest BCUT2D eigenvalue weighted by molar-refractivity contribution is 0.589. The summed E-state index contributed by atoms with van der Waals surface area (Å²) in [6.07, 6.45) is 7.04. The molecule has 7 heteroatoms. The Morgan fingerprint density at radius 1 is 1.17 bits per heavy atom. The van der Waals surface area contributed by atoms with E-state index in [0.29, 0.717) is 28.9 Å². The molecule has 0 spiro atoms. The lowest BCUT2D eigenvalue weighted by Crippen LogP contribution is -2.17. The number of aryl methyl sites for hydroxylation is 2. The Kier molecular flexibility index (Phi) is 4.27. The number of rotatable bonds is 4. The average Bonchev–Trinajstić information content (AvgIpc) is 3.40. The Bertz CT molecular complexity index is 1320. The van der Waals surface area contributed by atoms with E-state index in [4.69, 9.17) is 0 Å². The van der Waals surface area contributed by atoms with Crippen LogP contribution in [0.15, 0.2) is 41.7 Å². The Morgan fingerprint density at radius 3 is 2.53 bits per heavy atom. The lowest BCUT2D eigenvalue weighted by Gasteiger charge is -2.16. The summed E-state index contributed by atoms with van der Waals surface area (Å²) in [5.41, 5.74) is 2.73. The topological polar surface area (TPSA) is 63.6 Å². The summed E-state index contributed by atoms with van der Waals surface area (Å²) >= 11 is 0. The number of imidazole rings is 1. The molecule has 152 valence electrons. The molecule has 1 saturated carbocycles. The van der Waals surface area contributed by atoms with Crippen molar-refractivity contribution in [3.63, 3.8) is 0 Å². The summed E-state index contributed by atoms with van der Waals surface area (Å²) in [6, 6.07) is 4.61. The largest absolute Gasteiger partial charge is 0.348 e. The third-order valence-electron chi connectivity index (χ3n) is 5.53. The number of aromatic amines is 1. The molecule has 1 N–H and O–H groups in total. The van der Waals surface area contributed by atoms with Gasteiger partial charge in [-0.25, -0.2) is 13.8 Å². The summed E-state index contributed by atoms with van der Waals surface area (Å²) < 4.78 is 32.7. The van der Waals surface area contributed by atoms with E-state index < -0.39 is 11.6 Å². The van der Waals surface area contributed by atoms with Crippen LogP contribution < -0.4 is 5.43 Å². The summed E-state index contributed by atoms with van der Waals surface area (Å²) in [4.78, 5) is 24.4. The maximum Gasteiger partial charge on any atom is 0.193 e. The van der Waals surface area contributed by atoms with Crippen molar-refractivity contribution in [1.29, 1.82) is 0 Å². The van der Waals surface area contributed by atoms with Gasteiger partial charge < -0.3 is 9.55 Å². The highest BCUT2D eigenvalue weighted by molar-refractivity contribution is 5.87. The van der Waals surface area contributed by atoms with E-state index in [1.807, 2.05) is 4.57 Å². The molecule has 3 aromatic heterocycles. The minimum atomic E-state index is -0.747. The SMILES string of the molecule is Cc1cc(-c2c(F)cc3c(=O)c(Cc4cnc[nH]4)cn(C4CC4)c3c2F)cc(C)n1. The Labute approximate surface area is 171 Å². The monoisotopic (exact) mass is 406 g/mol. The van der Waals surface area contributed by atoms with E-state index in [9.17, 15) is 4.79 Å². The highest BCUT2D eigenvalue weighted by Gasteiger charge is 2.29. The van der Waals surface area contributed by atoms with Crippen LogP contribution in [-0.4, -0.2) is 19.5 Å². The lowest BCUT2D eigenvalue weighted by atomic mass is 9.99. The van der Waals surface area contributed by atoms with Gasteiger partial charge in [-0.3, -0.25) is 9.78 Å². The molecule has 1 aliphatic carbocycles. The van der Waals surface area contributed by atoms with Gasteiger partial charge in [0.1, 0.15) is 5.82 Å². The van der Waals surface area contributed by atoms with Gasteiger partial charge >= 0.3 is 0 Å². The predicted molar refractivity (Wildman–Crippen MR) is 110 cm³/mol. The second-order valence-corrected chi connectivity index (χ2v) is 7.96. The quantitative estimate of drug-likeness (QED) is 0.538. The van der Waals surface area contributed by atoms with E-state index in [-0.39, 0.29) is 27.9 Å². The van der Waals surface area contributed by atoms with Gasteiger partial charge in [-0.2, -0.15) is 0 Å². The number of fused-ring (bicyclic) bond motifs is 1. The molecule has 0 aliphatic heterocycles. The predicted octanol–water partition coefficient (Wildman–Crippen LogP) is 4.61. The summed E-state index contributed by atoms with van der Waals surface area (Å²) in [5.74, 6) is -1.45.